The summed E-state index contributed by atoms with van der Waals surface area (Å²) in [7, 11) is 3.40. The van der Waals surface area contributed by atoms with Crippen molar-refractivity contribution in [1.82, 2.24) is 14.8 Å². The second-order valence-corrected chi connectivity index (χ2v) is 4.88. The van der Waals surface area contributed by atoms with Crippen molar-refractivity contribution in [3.05, 3.63) is 28.6 Å². The smallest absolute Gasteiger partial charge is 0.337 e. The summed E-state index contributed by atoms with van der Waals surface area (Å²) < 4.78 is 0. The lowest BCUT2D eigenvalue weighted by molar-refractivity contribution is 0.0695. The maximum atomic E-state index is 11.9. The largest absolute Gasteiger partial charge is 0.478 e. The van der Waals surface area contributed by atoms with Gasteiger partial charge in [0.05, 0.1) is 11.3 Å². The minimum atomic E-state index is -0.983. The highest BCUT2D eigenvalue weighted by Crippen LogP contribution is 2.21. The third kappa shape index (κ3) is 2.52. The van der Waals surface area contributed by atoms with Crippen LogP contribution in [0.4, 0.5) is 4.79 Å². The van der Waals surface area contributed by atoms with Gasteiger partial charge >= 0.3 is 12.0 Å². The first-order chi connectivity index (χ1) is 8.90. The van der Waals surface area contributed by atoms with Crippen LogP contribution in [0.2, 0.25) is 0 Å². The Morgan fingerprint density at radius 2 is 2.11 bits per heavy atom. The summed E-state index contributed by atoms with van der Waals surface area (Å²) in [6, 6.07) is 1.57. The van der Waals surface area contributed by atoms with Crippen LogP contribution < -0.4 is 0 Å². The number of rotatable bonds is 1. The lowest BCUT2D eigenvalue weighted by Crippen LogP contribution is -2.42. The topological polar surface area (TPSA) is 73.7 Å². The number of hydrogen-bond acceptors (Lipinski definition) is 3. The normalized spacial score (nSPS) is 13.9. The molecule has 102 valence electrons. The van der Waals surface area contributed by atoms with Gasteiger partial charge in [-0.3, -0.25) is 4.98 Å². The van der Waals surface area contributed by atoms with E-state index in [1.54, 1.807) is 32.0 Å². The number of amides is 2. The average molecular weight is 263 g/mol. The molecule has 6 heteroatoms. The van der Waals surface area contributed by atoms with Crippen LogP contribution in [-0.2, 0) is 13.0 Å². The number of aryl methyl sites for hydroxylation is 1. The molecule has 0 spiro atoms. The van der Waals surface area contributed by atoms with Crippen molar-refractivity contribution in [2.75, 3.05) is 20.6 Å². The van der Waals surface area contributed by atoms with Crippen molar-refractivity contribution in [2.24, 2.45) is 0 Å². The van der Waals surface area contributed by atoms with Gasteiger partial charge in [0, 0.05) is 39.3 Å². The summed E-state index contributed by atoms with van der Waals surface area (Å²) in [6.07, 6.45) is 0.662. The maximum Gasteiger partial charge on any atom is 0.337 e. The van der Waals surface area contributed by atoms with Crippen molar-refractivity contribution in [1.29, 1.82) is 0 Å². The fourth-order valence-electron chi connectivity index (χ4n) is 2.24. The second kappa shape index (κ2) is 4.87. The van der Waals surface area contributed by atoms with E-state index in [1.807, 2.05) is 0 Å². The highest BCUT2D eigenvalue weighted by Gasteiger charge is 2.24. The Labute approximate surface area is 111 Å². The molecule has 2 heterocycles. The molecule has 0 fully saturated rings. The Morgan fingerprint density at radius 1 is 1.42 bits per heavy atom. The molecular weight excluding hydrogens is 246 g/mol. The Bertz CT molecular complexity index is 540. The van der Waals surface area contributed by atoms with Crippen LogP contribution in [0.3, 0.4) is 0 Å². The van der Waals surface area contributed by atoms with E-state index in [1.165, 1.54) is 4.90 Å². The Hall–Kier alpha value is -2.11. The Balaban J connectivity index is 2.32. The fourth-order valence-corrected chi connectivity index (χ4v) is 2.24. The minimum absolute atomic E-state index is 0.0666. The lowest BCUT2D eigenvalue weighted by atomic mass is 10.0. The number of carboxylic acid groups (broad SMARTS) is 1. The van der Waals surface area contributed by atoms with Crippen molar-refractivity contribution in [3.8, 4) is 0 Å². The van der Waals surface area contributed by atoms with Gasteiger partial charge in [0.2, 0.25) is 0 Å². The van der Waals surface area contributed by atoms with E-state index >= 15 is 0 Å². The summed E-state index contributed by atoms with van der Waals surface area (Å²) >= 11 is 0. The van der Waals surface area contributed by atoms with Crippen LogP contribution in [-0.4, -0.2) is 52.5 Å². The zero-order chi connectivity index (χ0) is 14.2. The number of hydrogen-bond donors (Lipinski definition) is 1. The highest BCUT2D eigenvalue weighted by molar-refractivity contribution is 5.89. The number of aromatic carboxylic acids is 1. The molecule has 2 amide bonds. The Kier molecular flexibility index (Phi) is 3.42. The average Bonchev–Trinajstić information content (AvgIpc) is 2.36. The summed E-state index contributed by atoms with van der Waals surface area (Å²) in [4.78, 5) is 30.6. The predicted octanol–water partition coefficient (Wildman–Crippen LogP) is 1.13. The molecule has 0 aliphatic carbocycles. The molecule has 19 heavy (non-hydrogen) atoms. The molecule has 2 rings (SSSR count). The molecule has 0 atom stereocenters. The van der Waals surface area contributed by atoms with Crippen molar-refractivity contribution >= 4 is 12.0 Å². The standard InChI is InChI=1S/C13H17N3O3/c1-8-10(12(17)18)6-9-7-16(13(19)15(2)3)5-4-11(9)14-8/h6H,4-5,7H2,1-3H3,(H,17,18). The predicted molar refractivity (Wildman–Crippen MR) is 69.1 cm³/mol. The van der Waals surface area contributed by atoms with E-state index in [2.05, 4.69) is 4.98 Å². The molecule has 0 aromatic carbocycles. The van der Waals surface area contributed by atoms with Crippen LogP contribution >= 0.6 is 0 Å². The van der Waals surface area contributed by atoms with E-state index in [4.69, 9.17) is 5.11 Å². The molecule has 0 unspecified atom stereocenters. The highest BCUT2D eigenvalue weighted by atomic mass is 16.4. The number of carbonyl (C=O) groups excluding carboxylic acids is 1. The lowest BCUT2D eigenvalue weighted by Gasteiger charge is -2.30. The number of aromatic nitrogens is 1. The molecule has 1 aromatic heterocycles. The molecule has 1 N–H and O–H groups in total. The SMILES string of the molecule is Cc1nc2c(cc1C(=O)O)CN(C(=O)N(C)C)CC2. The molecule has 0 saturated heterocycles. The summed E-state index contributed by atoms with van der Waals surface area (Å²) in [6.45, 7) is 2.73. The molecular formula is C13H17N3O3. The van der Waals surface area contributed by atoms with Gasteiger partial charge in [0.1, 0.15) is 0 Å². The number of urea groups is 1. The van der Waals surface area contributed by atoms with Crippen molar-refractivity contribution in [2.45, 2.75) is 19.9 Å². The van der Waals surface area contributed by atoms with E-state index in [-0.39, 0.29) is 11.6 Å². The summed E-state index contributed by atoms with van der Waals surface area (Å²) in [5.74, 6) is -0.983. The molecule has 0 bridgehead atoms. The maximum absolute atomic E-state index is 11.9. The van der Waals surface area contributed by atoms with Gasteiger partial charge in [0.25, 0.3) is 0 Å². The van der Waals surface area contributed by atoms with Gasteiger partial charge in [-0.05, 0) is 18.6 Å². The van der Waals surface area contributed by atoms with Gasteiger partial charge in [-0.15, -0.1) is 0 Å². The van der Waals surface area contributed by atoms with Crippen molar-refractivity contribution < 1.29 is 14.7 Å². The van der Waals surface area contributed by atoms with Gasteiger partial charge < -0.3 is 14.9 Å². The molecule has 1 aliphatic rings. The fraction of sp³-hybridized carbons (Fsp3) is 0.462. The van der Waals surface area contributed by atoms with E-state index in [9.17, 15) is 9.59 Å². The zero-order valence-electron chi connectivity index (χ0n) is 11.3. The van der Waals surface area contributed by atoms with Gasteiger partial charge in [-0.25, -0.2) is 9.59 Å². The molecule has 0 saturated carbocycles. The summed E-state index contributed by atoms with van der Waals surface area (Å²) in [5, 5.41) is 9.10. The van der Waals surface area contributed by atoms with Crippen molar-refractivity contribution in [3.63, 3.8) is 0 Å². The number of fused-ring (bicyclic) bond motifs is 1. The first kappa shape index (κ1) is 13.3. The monoisotopic (exact) mass is 263 g/mol. The number of carbonyl (C=O) groups is 2. The van der Waals surface area contributed by atoms with E-state index in [0.29, 0.717) is 25.2 Å². The van der Waals surface area contributed by atoms with Crippen LogP contribution in [0.5, 0.6) is 0 Å². The first-order valence-corrected chi connectivity index (χ1v) is 6.09. The van der Waals surface area contributed by atoms with Crippen LogP contribution in [0, 0.1) is 6.92 Å². The van der Waals surface area contributed by atoms with Gasteiger partial charge in [-0.1, -0.05) is 0 Å². The number of pyridine rings is 1. The van der Waals surface area contributed by atoms with E-state index in [0.717, 1.165) is 11.3 Å². The third-order valence-corrected chi connectivity index (χ3v) is 3.24. The first-order valence-electron chi connectivity index (χ1n) is 6.09. The number of carboxylic acids is 1. The Morgan fingerprint density at radius 3 is 2.68 bits per heavy atom. The number of nitrogens with zero attached hydrogens (tertiary/aromatic N) is 3. The minimum Gasteiger partial charge on any atom is -0.478 e. The van der Waals surface area contributed by atoms with Gasteiger partial charge in [0.15, 0.2) is 0 Å². The second-order valence-electron chi connectivity index (χ2n) is 4.88. The van der Waals surface area contributed by atoms with Gasteiger partial charge in [-0.2, -0.15) is 0 Å². The zero-order valence-corrected chi connectivity index (χ0v) is 11.3. The van der Waals surface area contributed by atoms with Crippen LogP contribution in [0.1, 0.15) is 27.3 Å². The van der Waals surface area contributed by atoms with E-state index < -0.39 is 5.97 Å². The molecule has 0 radical (unpaired) electrons. The third-order valence-electron chi connectivity index (χ3n) is 3.24. The molecule has 6 nitrogen and oxygen atoms in total. The van der Waals surface area contributed by atoms with Crippen LogP contribution in [0.25, 0.3) is 0 Å². The molecule has 1 aliphatic heterocycles. The molecule has 1 aromatic rings. The van der Waals surface area contributed by atoms with Crippen LogP contribution in [0.15, 0.2) is 6.07 Å². The summed E-state index contributed by atoms with van der Waals surface area (Å²) in [5.41, 5.74) is 2.45. The quantitative estimate of drug-likeness (QED) is 0.824.